The van der Waals surface area contributed by atoms with Gasteiger partial charge in [-0.2, -0.15) is 0 Å². The lowest BCUT2D eigenvalue weighted by molar-refractivity contribution is 0.0672. The van der Waals surface area contributed by atoms with Gasteiger partial charge in [0.2, 0.25) is 0 Å². The number of oxime groups is 2. The molecule has 0 amide bonds. The summed E-state index contributed by atoms with van der Waals surface area (Å²) >= 11 is 0. The number of hydrogen-bond acceptors (Lipinski definition) is 5. The van der Waals surface area contributed by atoms with Gasteiger partial charge in [-0.1, -0.05) is 5.16 Å². The second kappa shape index (κ2) is 6.16. The minimum absolute atomic E-state index is 0.372. The molecule has 1 aliphatic rings. The SMILES string of the molecule is CON=C(C1=NOCCO1)c1c(C)c(C)c(C)c(C)c1C. The van der Waals surface area contributed by atoms with E-state index in [1.165, 1.54) is 23.8 Å². The molecule has 1 aromatic rings. The number of nitrogens with zero attached hydrogens (tertiary/aromatic N) is 2. The van der Waals surface area contributed by atoms with Crippen LogP contribution in [-0.2, 0) is 14.4 Å². The zero-order chi connectivity index (χ0) is 15.6. The summed E-state index contributed by atoms with van der Waals surface area (Å²) in [6.45, 7) is 11.5. The van der Waals surface area contributed by atoms with Crippen molar-refractivity contribution in [2.24, 2.45) is 10.3 Å². The van der Waals surface area contributed by atoms with Crippen molar-refractivity contribution in [1.82, 2.24) is 0 Å². The topological polar surface area (TPSA) is 52.4 Å². The van der Waals surface area contributed by atoms with Crippen LogP contribution in [-0.4, -0.2) is 31.9 Å². The number of hydrogen-bond donors (Lipinski definition) is 0. The summed E-state index contributed by atoms with van der Waals surface area (Å²) in [4.78, 5) is 10.1. The Labute approximate surface area is 125 Å². The third-order valence-corrected chi connectivity index (χ3v) is 4.18. The van der Waals surface area contributed by atoms with Gasteiger partial charge in [0.05, 0.1) is 0 Å². The van der Waals surface area contributed by atoms with Gasteiger partial charge in [-0.05, 0) is 67.6 Å². The largest absolute Gasteiger partial charge is 0.470 e. The van der Waals surface area contributed by atoms with Crippen LogP contribution in [0.5, 0.6) is 0 Å². The second-order valence-electron chi connectivity index (χ2n) is 5.20. The summed E-state index contributed by atoms with van der Waals surface area (Å²) in [5, 5.41) is 8.10. The van der Waals surface area contributed by atoms with Gasteiger partial charge in [0, 0.05) is 5.56 Å². The molecule has 0 radical (unpaired) electrons. The smallest absolute Gasteiger partial charge is 0.280 e. The van der Waals surface area contributed by atoms with E-state index in [0.29, 0.717) is 24.8 Å². The molecule has 21 heavy (non-hydrogen) atoms. The highest BCUT2D eigenvalue weighted by Crippen LogP contribution is 2.27. The Balaban J connectivity index is 2.67. The van der Waals surface area contributed by atoms with Crippen molar-refractivity contribution in [2.75, 3.05) is 20.3 Å². The van der Waals surface area contributed by atoms with E-state index in [2.05, 4.69) is 44.9 Å². The predicted molar refractivity (Wildman–Crippen MR) is 83.0 cm³/mol. The van der Waals surface area contributed by atoms with Gasteiger partial charge < -0.3 is 14.4 Å². The van der Waals surface area contributed by atoms with E-state index >= 15 is 0 Å². The van der Waals surface area contributed by atoms with E-state index in [1.54, 1.807) is 0 Å². The van der Waals surface area contributed by atoms with E-state index in [9.17, 15) is 0 Å². The fraction of sp³-hybridized carbons (Fsp3) is 0.500. The van der Waals surface area contributed by atoms with Gasteiger partial charge in [0.25, 0.3) is 5.90 Å². The summed E-state index contributed by atoms with van der Waals surface area (Å²) in [5.74, 6) is 0.372. The van der Waals surface area contributed by atoms with E-state index in [-0.39, 0.29) is 0 Å². The molecule has 0 unspecified atom stereocenters. The van der Waals surface area contributed by atoms with Crippen molar-refractivity contribution in [1.29, 1.82) is 0 Å². The van der Waals surface area contributed by atoms with Gasteiger partial charge >= 0.3 is 0 Å². The first-order valence-electron chi connectivity index (χ1n) is 7.00. The monoisotopic (exact) mass is 290 g/mol. The summed E-state index contributed by atoms with van der Waals surface area (Å²) in [6, 6.07) is 0. The molecule has 5 nitrogen and oxygen atoms in total. The first kappa shape index (κ1) is 15.4. The van der Waals surface area contributed by atoms with Crippen LogP contribution in [0.2, 0.25) is 0 Å². The Morgan fingerprint density at radius 3 is 2.00 bits per heavy atom. The molecule has 0 spiro atoms. The molecule has 114 valence electrons. The molecule has 5 heteroatoms. The molecule has 0 N–H and O–H groups in total. The van der Waals surface area contributed by atoms with E-state index < -0.39 is 0 Å². The van der Waals surface area contributed by atoms with Crippen molar-refractivity contribution < 1.29 is 14.4 Å². The minimum Gasteiger partial charge on any atom is -0.470 e. The van der Waals surface area contributed by atoms with Crippen LogP contribution in [0.15, 0.2) is 10.3 Å². The standard InChI is InChI=1S/C16H22N2O3/c1-9-10(2)12(4)14(13(5)11(9)3)15(17-19-6)16-18-21-8-7-20-16/h7-8H2,1-6H3. The maximum atomic E-state index is 5.58. The highest BCUT2D eigenvalue weighted by molar-refractivity contribution is 6.46. The number of ether oxygens (including phenoxy) is 1. The third kappa shape index (κ3) is 2.73. The maximum Gasteiger partial charge on any atom is 0.280 e. The van der Waals surface area contributed by atoms with E-state index in [1.807, 2.05) is 0 Å². The summed E-state index contributed by atoms with van der Waals surface area (Å²) in [7, 11) is 1.52. The Morgan fingerprint density at radius 2 is 1.52 bits per heavy atom. The van der Waals surface area contributed by atoms with Crippen LogP contribution in [0.25, 0.3) is 0 Å². The van der Waals surface area contributed by atoms with Gasteiger partial charge in [0.1, 0.15) is 13.7 Å². The third-order valence-electron chi connectivity index (χ3n) is 4.18. The van der Waals surface area contributed by atoms with Crippen molar-refractivity contribution in [3.63, 3.8) is 0 Å². The van der Waals surface area contributed by atoms with Gasteiger partial charge in [-0.15, -0.1) is 0 Å². The van der Waals surface area contributed by atoms with Gasteiger partial charge in [0.15, 0.2) is 12.3 Å². The maximum absolute atomic E-state index is 5.58. The molecule has 0 aromatic heterocycles. The highest BCUT2D eigenvalue weighted by atomic mass is 16.7. The van der Waals surface area contributed by atoms with Crippen molar-refractivity contribution in [2.45, 2.75) is 34.6 Å². The van der Waals surface area contributed by atoms with Crippen LogP contribution < -0.4 is 0 Å². The lowest BCUT2D eigenvalue weighted by Crippen LogP contribution is -2.27. The lowest BCUT2D eigenvalue weighted by Gasteiger charge is -2.21. The molecule has 1 aromatic carbocycles. The zero-order valence-electron chi connectivity index (χ0n) is 13.5. The molecule has 2 rings (SSSR count). The Bertz CT molecular complexity index is 589. The molecule has 0 saturated heterocycles. The van der Waals surface area contributed by atoms with Gasteiger partial charge in [-0.3, -0.25) is 0 Å². The molecule has 0 bridgehead atoms. The number of rotatable bonds is 3. The summed E-state index contributed by atoms with van der Waals surface area (Å²) in [5.41, 5.74) is 7.68. The fourth-order valence-electron chi connectivity index (χ4n) is 2.56. The van der Waals surface area contributed by atoms with Crippen molar-refractivity contribution >= 4 is 11.6 Å². The lowest BCUT2D eigenvalue weighted by atomic mass is 9.87. The normalized spacial score (nSPS) is 15.1. The molecule has 0 saturated carbocycles. The van der Waals surface area contributed by atoms with Crippen molar-refractivity contribution in [3.05, 3.63) is 33.4 Å². The number of benzene rings is 1. The van der Waals surface area contributed by atoms with Crippen LogP contribution >= 0.6 is 0 Å². The summed E-state index contributed by atoms with van der Waals surface area (Å²) in [6.07, 6.45) is 0. The first-order valence-corrected chi connectivity index (χ1v) is 7.00. The quantitative estimate of drug-likeness (QED) is 0.635. The Kier molecular flexibility index (Phi) is 4.50. The highest BCUT2D eigenvalue weighted by Gasteiger charge is 2.24. The molecular weight excluding hydrogens is 268 g/mol. The first-order chi connectivity index (χ1) is 9.99. The molecule has 0 atom stereocenters. The van der Waals surface area contributed by atoms with Crippen LogP contribution in [0.4, 0.5) is 0 Å². The van der Waals surface area contributed by atoms with Gasteiger partial charge in [-0.25, -0.2) is 0 Å². The Morgan fingerprint density at radius 1 is 0.952 bits per heavy atom. The molecule has 1 aliphatic heterocycles. The second-order valence-corrected chi connectivity index (χ2v) is 5.20. The summed E-state index contributed by atoms with van der Waals surface area (Å²) < 4.78 is 5.58. The van der Waals surface area contributed by atoms with Crippen molar-refractivity contribution in [3.8, 4) is 0 Å². The average molecular weight is 290 g/mol. The minimum atomic E-state index is 0.372. The zero-order valence-corrected chi connectivity index (χ0v) is 13.5. The Hall–Kier alpha value is -2.04. The molecule has 1 heterocycles. The average Bonchev–Trinajstić information content (AvgIpc) is 2.51. The predicted octanol–water partition coefficient (Wildman–Crippen LogP) is 2.94. The van der Waals surface area contributed by atoms with Crippen LogP contribution in [0.1, 0.15) is 33.4 Å². The molecule has 0 fully saturated rings. The van der Waals surface area contributed by atoms with Crippen LogP contribution in [0.3, 0.4) is 0 Å². The van der Waals surface area contributed by atoms with E-state index in [4.69, 9.17) is 14.4 Å². The molecular formula is C16H22N2O3. The fourth-order valence-corrected chi connectivity index (χ4v) is 2.56. The molecule has 0 aliphatic carbocycles. The van der Waals surface area contributed by atoms with Crippen LogP contribution in [0, 0.1) is 34.6 Å². The van der Waals surface area contributed by atoms with E-state index in [0.717, 1.165) is 16.7 Å².